The molecule has 2 rings (SSSR count). The van der Waals surface area contributed by atoms with Crippen molar-refractivity contribution >= 4 is 11.8 Å². The normalized spacial score (nSPS) is 18.7. The third kappa shape index (κ3) is 3.03. The SMILES string of the molecule is CCOC(=O)C1CCCN1c1cc(CC)nc(C)n1. The van der Waals surface area contributed by atoms with Gasteiger partial charge in [0.15, 0.2) is 0 Å². The van der Waals surface area contributed by atoms with Crippen molar-refractivity contribution in [2.45, 2.75) is 46.1 Å². The monoisotopic (exact) mass is 263 g/mol. The minimum Gasteiger partial charge on any atom is -0.464 e. The molecule has 0 bridgehead atoms. The highest BCUT2D eigenvalue weighted by molar-refractivity contribution is 5.80. The summed E-state index contributed by atoms with van der Waals surface area (Å²) in [5.74, 6) is 1.46. The molecule has 1 saturated heterocycles. The average molecular weight is 263 g/mol. The van der Waals surface area contributed by atoms with Crippen molar-refractivity contribution in [1.82, 2.24) is 9.97 Å². The molecule has 0 radical (unpaired) electrons. The van der Waals surface area contributed by atoms with E-state index in [-0.39, 0.29) is 12.0 Å². The predicted molar refractivity (Wildman–Crippen MR) is 73.1 cm³/mol. The van der Waals surface area contributed by atoms with Gasteiger partial charge in [0, 0.05) is 18.3 Å². The van der Waals surface area contributed by atoms with Gasteiger partial charge in [0.2, 0.25) is 0 Å². The quantitative estimate of drug-likeness (QED) is 0.776. The molecule has 1 aromatic rings. The van der Waals surface area contributed by atoms with Crippen molar-refractivity contribution in [3.05, 3.63) is 17.6 Å². The van der Waals surface area contributed by atoms with Crippen LogP contribution in [0, 0.1) is 6.92 Å². The third-order valence-electron chi connectivity index (χ3n) is 3.35. The van der Waals surface area contributed by atoms with Gasteiger partial charge in [-0.1, -0.05) is 6.92 Å². The topological polar surface area (TPSA) is 55.3 Å². The van der Waals surface area contributed by atoms with E-state index in [1.807, 2.05) is 24.8 Å². The fourth-order valence-corrected chi connectivity index (χ4v) is 2.46. The van der Waals surface area contributed by atoms with Crippen molar-refractivity contribution in [3.63, 3.8) is 0 Å². The lowest BCUT2D eigenvalue weighted by atomic mass is 10.2. The molecule has 0 aromatic carbocycles. The number of aryl methyl sites for hydroxylation is 2. The molecule has 0 aliphatic carbocycles. The minimum atomic E-state index is -0.195. The summed E-state index contributed by atoms with van der Waals surface area (Å²) in [6, 6.07) is 1.78. The van der Waals surface area contributed by atoms with E-state index in [0.717, 1.165) is 43.1 Å². The number of nitrogens with zero attached hydrogens (tertiary/aromatic N) is 3. The van der Waals surface area contributed by atoms with Crippen molar-refractivity contribution < 1.29 is 9.53 Å². The van der Waals surface area contributed by atoms with Gasteiger partial charge in [-0.25, -0.2) is 14.8 Å². The number of hydrogen-bond donors (Lipinski definition) is 0. The molecule has 1 unspecified atom stereocenters. The van der Waals surface area contributed by atoms with E-state index in [9.17, 15) is 4.79 Å². The number of esters is 1. The van der Waals surface area contributed by atoms with Gasteiger partial charge in [0.25, 0.3) is 0 Å². The van der Waals surface area contributed by atoms with Crippen LogP contribution >= 0.6 is 0 Å². The number of carbonyl (C=O) groups excluding carboxylic acids is 1. The van der Waals surface area contributed by atoms with Gasteiger partial charge < -0.3 is 9.64 Å². The molecule has 2 heterocycles. The van der Waals surface area contributed by atoms with Crippen LogP contribution < -0.4 is 4.90 Å². The highest BCUT2D eigenvalue weighted by Gasteiger charge is 2.32. The second-order valence-corrected chi connectivity index (χ2v) is 4.72. The molecule has 0 amide bonds. The summed E-state index contributed by atoms with van der Waals surface area (Å²) in [5.41, 5.74) is 1.01. The molecule has 1 aliphatic rings. The summed E-state index contributed by atoms with van der Waals surface area (Å²) in [6.45, 7) is 7.06. The molecular formula is C14H21N3O2. The Bertz CT molecular complexity index is 462. The standard InChI is InChI=1S/C14H21N3O2/c1-4-11-9-13(16-10(3)15-11)17-8-6-7-12(17)14(18)19-5-2/h9,12H,4-8H2,1-3H3. The Kier molecular flexibility index (Phi) is 4.35. The van der Waals surface area contributed by atoms with Crippen LogP contribution in [-0.2, 0) is 16.0 Å². The van der Waals surface area contributed by atoms with Crippen LogP contribution in [0.5, 0.6) is 0 Å². The molecule has 5 nitrogen and oxygen atoms in total. The van der Waals surface area contributed by atoms with Crippen LogP contribution in [0.25, 0.3) is 0 Å². The molecule has 5 heteroatoms. The largest absolute Gasteiger partial charge is 0.464 e. The van der Waals surface area contributed by atoms with Gasteiger partial charge in [-0.05, 0) is 33.1 Å². The van der Waals surface area contributed by atoms with Crippen molar-refractivity contribution in [1.29, 1.82) is 0 Å². The maximum absolute atomic E-state index is 12.0. The fourth-order valence-electron chi connectivity index (χ4n) is 2.46. The van der Waals surface area contributed by atoms with Crippen LogP contribution in [0.1, 0.15) is 38.2 Å². The van der Waals surface area contributed by atoms with Crippen LogP contribution in [0.4, 0.5) is 5.82 Å². The van der Waals surface area contributed by atoms with Crippen LogP contribution in [0.15, 0.2) is 6.07 Å². The fraction of sp³-hybridized carbons (Fsp3) is 0.643. The molecule has 1 aliphatic heterocycles. The predicted octanol–water partition coefficient (Wildman–Crippen LogP) is 1.88. The highest BCUT2D eigenvalue weighted by Crippen LogP contribution is 2.25. The van der Waals surface area contributed by atoms with E-state index >= 15 is 0 Å². The minimum absolute atomic E-state index is 0.144. The van der Waals surface area contributed by atoms with Gasteiger partial charge in [-0.15, -0.1) is 0 Å². The number of anilines is 1. The Morgan fingerprint density at radius 3 is 2.95 bits per heavy atom. The summed E-state index contributed by atoms with van der Waals surface area (Å²) in [5, 5.41) is 0. The first kappa shape index (κ1) is 13.8. The highest BCUT2D eigenvalue weighted by atomic mass is 16.5. The Morgan fingerprint density at radius 2 is 2.26 bits per heavy atom. The Balaban J connectivity index is 2.24. The molecule has 0 saturated carbocycles. The second kappa shape index (κ2) is 5.99. The van der Waals surface area contributed by atoms with Gasteiger partial charge in [-0.2, -0.15) is 0 Å². The first-order valence-electron chi connectivity index (χ1n) is 6.93. The molecule has 0 N–H and O–H groups in total. The summed E-state index contributed by atoms with van der Waals surface area (Å²) < 4.78 is 5.14. The van der Waals surface area contributed by atoms with Crippen LogP contribution in [0.3, 0.4) is 0 Å². The summed E-state index contributed by atoms with van der Waals surface area (Å²) in [7, 11) is 0. The number of carbonyl (C=O) groups is 1. The second-order valence-electron chi connectivity index (χ2n) is 4.72. The van der Waals surface area contributed by atoms with Gasteiger partial charge in [-0.3, -0.25) is 0 Å². The first-order valence-corrected chi connectivity index (χ1v) is 6.93. The smallest absolute Gasteiger partial charge is 0.328 e. The lowest BCUT2D eigenvalue weighted by Gasteiger charge is -2.24. The molecule has 19 heavy (non-hydrogen) atoms. The number of aromatic nitrogens is 2. The van der Waals surface area contributed by atoms with E-state index in [0.29, 0.717) is 6.61 Å². The van der Waals surface area contributed by atoms with Gasteiger partial charge >= 0.3 is 5.97 Å². The summed E-state index contributed by atoms with van der Waals surface area (Å²) in [4.78, 5) is 22.8. The van der Waals surface area contributed by atoms with E-state index in [1.165, 1.54) is 0 Å². The van der Waals surface area contributed by atoms with E-state index in [2.05, 4.69) is 16.9 Å². The molecule has 104 valence electrons. The zero-order valence-corrected chi connectivity index (χ0v) is 11.8. The lowest BCUT2D eigenvalue weighted by molar-refractivity contribution is -0.144. The van der Waals surface area contributed by atoms with Crippen LogP contribution in [0.2, 0.25) is 0 Å². The van der Waals surface area contributed by atoms with E-state index < -0.39 is 0 Å². The van der Waals surface area contributed by atoms with Crippen molar-refractivity contribution in [2.75, 3.05) is 18.1 Å². The summed E-state index contributed by atoms with van der Waals surface area (Å²) >= 11 is 0. The molecule has 1 fully saturated rings. The zero-order chi connectivity index (χ0) is 13.8. The van der Waals surface area contributed by atoms with Gasteiger partial charge in [0.1, 0.15) is 17.7 Å². The van der Waals surface area contributed by atoms with Crippen molar-refractivity contribution in [2.24, 2.45) is 0 Å². The number of rotatable bonds is 4. The number of hydrogen-bond acceptors (Lipinski definition) is 5. The maximum atomic E-state index is 12.0. The third-order valence-corrected chi connectivity index (χ3v) is 3.35. The molecule has 1 atom stereocenters. The first-order chi connectivity index (χ1) is 9.15. The Labute approximate surface area is 114 Å². The molecule has 1 aromatic heterocycles. The van der Waals surface area contributed by atoms with E-state index in [1.54, 1.807) is 0 Å². The van der Waals surface area contributed by atoms with E-state index in [4.69, 9.17) is 4.74 Å². The average Bonchev–Trinajstić information content (AvgIpc) is 2.87. The Morgan fingerprint density at radius 1 is 1.47 bits per heavy atom. The maximum Gasteiger partial charge on any atom is 0.328 e. The lowest BCUT2D eigenvalue weighted by Crippen LogP contribution is -2.38. The summed E-state index contributed by atoms with van der Waals surface area (Å²) in [6.07, 6.45) is 2.70. The van der Waals surface area contributed by atoms with Gasteiger partial charge in [0.05, 0.1) is 6.61 Å². The van der Waals surface area contributed by atoms with Crippen LogP contribution in [-0.4, -0.2) is 35.1 Å². The van der Waals surface area contributed by atoms with Crippen molar-refractivity contribution in [3.8, 4) is 0 Å². The molecular weight excluding hydrogens is 242 g/mol. The zero-order valence-electron chi connectivity index (χ0n) is 11.8. The Hall–Kier alpha value is -1.65. The number of ether oxygens (including phenoxy) is 1. The molecule has 0 spiro atoms.